The van der Waals surface area contributed by atoms with Gasteiger partial charge in [0.15, 0.2) is 5.76 Å². The Balaban J connectivity index is 1.67. The summed E-state index contributed by atoms with van der Waals surface area (Å²) < 4.78 is 10.7. The maximum Gasteiger partial charge on any atom is 0.310 e. The van der Waals surface area contributed by atoms with Crippen molar-refractivity contribution in [1.29, 1.82) is 0 Å². The molecule has 2 aromatic rings. The van der Waals surface area contributed by atoms with E-state index in [-0.39, 0.29) is 0 Å². The Labute approximate surface area is 121 Å². The Morgan fingerprint density at radius 1 is 1.52 bits per heavy atom. The fourth-order valence-electron chi connectivity index (χ4n) is 2.72. The lowest BCUT2D eigenvalue weighted by atomic mass is 9.84. The van der Waals surface area contributed by atoms with E-state index in [0.29, 0.717) is 43.5 Å². The van der Waals surface area contributed by atoms with Crippen molar-refractivity contribution in [3.63, 3.8) is 0 Å². The zero-order chi connectivity index (χ0) is 14.9. The van der Waals surface area contributed by atoms with E-state index in [9.17, 15) is 9.90 Å². The molecule has 1 atom stereocenters. The van der Waals surface area contributed by atoms with Crippen molar-refractivity contribution in [2.24, 2.45) is 5.41 Å². The third kappa shape index (κ3) is 2.56. The normalized spacial score (nSPS) is 22.7. The molecule has 0 aromatic carbocycles. The van der Waals surface area contributed by atoms with Gasteiger partial charge in [-0.15, -0.1) is 10.2 Å². The van der Waals surface area contributed by atoms with Gasteiger partial charge in [0.05, 0.1) is 18.2 Å². The number of nitrogens with zero attached hydrogens (tertiary/aromatic N) is 3. The summed E-state index contributed by atoms with van der Waals surface area (Å²) in [6.45, 7) is 3.61. The first kappa shape index (κ1) is 13.8. The maximum atomic E-state index is 11.4. The molecule has 1 fully saturated rings. The summed E-state index contributed by atoms with van der Waals surface area (Å²) in [6, 6.07) is 3.50. The first-order chi connectivity index (χ1) is 10.1. The SMILES string of the molecule is CCC1(C(=O)O)CCN(Cc2nnc(-c3ccco3)o2)C1. The smallest absolute Gasteiger partial charge is 0.310 e. The number of hydrogen-bond donors (Lipinski definition) is 1. The number of carboxylic acids is 1. The van der Waals surface area contributed by atoms with Crippen LogP contribution in [0.5, 0.6) is 0 Å². The molecule has 1 aliphatic heterocycles. The summed E-state index contributed by atoms with van der Waals surface area (Å²) in [5, 5.41) is 17.3. The van der Waals surface area contributed by atoms with Crippen molar-refractivity contribution in [2.75, 3.05) is 13.1 Å². The van der Waals surface area contributed by atoms with E-state index in [2.05, 4.69) is 10.2 Å². The zero-order valence-electron chi connectivity index (χ0n) is 11.8. The molecule has 1 saturated heterocycles. The lowest BCUT2D eigenvalue weighted by molar-refractivity contribution is -0.148. The topological polar surface area (TPSA) is 92.6 Å². The van der Waals surface area contributed by atoms with Crippen LogP contribution >= 0.6 is 0 Å². The third-order valence-corrected chi connectivity index (χ3v) is 4.12. The second kappa shape index (κ2) is 5.33. The van der Waals surface area contributed by atoms with Crippen LogP contribution in [-0.2, 0) is 11.3 Å². The molecule has 0 amide bonds. The lowest BCUT2D eigenvalue weighted by Gasteiger charge is -2.22. The standard InChI is InChI=1S/C14H17N3O4/c1-2-14(13(18)19)5-6-17(9-14)8-11-15-16-12(21-11)10-4-3-7-20-10/h3-4,7H,2,5-6,8-9H2,1H3,(H,18,19). The van der Waals surface area contributed by atoms with Crippen LogP contribution in [0, 0.1) is 5.41 Å². The van der Waals surface area contributed by atoms with Gasteiger partial charge in [0, 0.05) is 6.54 Å². The molecule has 0 saturated carbocycles. The quantitative estimate of drug-likeness (QED) is 0.900. The minimum Gasteiger partial charge on any atom is -0.481 e. The Kier molecular flexibility index (Phi) is 3.50. The van der Waals surface area contributed by atoms with Crippen LogP contribution in [-0.4, -0.2) is 39.3 Å². The number of aromatic nitrogens is 2. The van der Waals surface area contributed by atoms with Crippen LogP contribution in [0.3, 0.4) is 0 Å². The second-order valence-electron chi connectivity index (χ2n) is 5.38. The number of hydrogen-bond acceptors (Lipinski definition) is 6. The largest absolute Gasteiger partial charge is 0.481 e. The van der Waals surface area contributed by atoms with Gasteiger partial charge in [-0.2, -0.15) is 0 Å². The van der Waals surface area contributed by atoms with Crippen molar-refractivity contribution in [3.05, 3.63) is 24.3 Å². The summed E-state index contributed by atoms with van der Waals surface area (Å²) in [6.07, 6.45) is 2.82. The van der Waals surface area contributed by atoms with Crippen molar-refractivity contribution < 1.29 is 18.7 Å². The van der Waals surface area contributed by atoms with Gasteiger partial charge in [0.1, 0.15) is 0 Å². The molecule has 3 rings (SSSR count). The Morgan fingerprint density at radius 2 is 2.38 bits per heavy atom. The number of aliphatic carboxylic acids is 1. The predicted molar refractivity (Wildman–Crippen MR) is 72.3 cm³/mol. The molecule has 0 bridgehead atoms. The molecule has 2 aromatic heterocycles. The van der Waals surface area contributed by atoms with E-state index in [1.54, 1.807) is 18.4 Å². The van der Waals surface area contributed by atoms with Gasteiger partial charge >= 0.3 is 5.97 Å². The van der Waals surface area contributed by atoms with Crippen LogP contribution in [0.4, 0.5) is 0 Å². The van der Waals surface area contributed by atoms with Gasteiger partial charge in [-0.25, -0.2) is 0 Å². The molecule has 0 aliphatic carbocycles. The summed E-state index contributed by atoms with van der Waals surface area (Å²) in [7, 11) is 0. The zero-order valence-corrected chi connectivity index (χ0v) is 11.8. The molecule has 0 radical (unpaired) electrons. The Bertz CT molecular complexity index is 622. The van der Waals surface area contributed by atoms with Crippen molar-refractivity contribution >= 4 is 5.97 Å². The van der Waals surface area contributed by atoms with Crippen LogP contribution in [0.25, 0.3) is 11.7 Å². The van der Waals surface area contributed by atoms with Crippen molar-refractivity contribution in [2.45, 2.75) is 26.3 Å². The van der Waals surface area contributed by atoms with Crippen LogP contribution in [0.15, 0.2) is 27.2 Å². The van der Waals surface area contributed by atoms with E-state index >= 15 is 0 Å². The highest BCUT2D eigenvalue weighted by Crippen LogP contribution is 2.34. The van der Waals surface area contributed by atoms with E-state index in [0.717, 1.165) is 6.54 Å². The summed E-state index contributed by atoms with van der Waals surface area (Å²) >= 11 is 0. The van der Waals surface area contributed by atoms with E-state index in [1.165, 1.54) is 0 Å². The number of carbonyl (C=O) groups is 1. The van der Waals surface area contributed by atoms with Crippen LogP contribution in [0.2, 0.25) is 0 Å². The molecule has 3 heterocycles. The minimum atomic E-state index is -0.727. The highest BCUT2D eigenvalue weighted by molar-refractivity contribution is 5.75. The van der Waals surface area contributed by atoms with Crippen LogP contribution in [0.1, 0.15) is 25.7 Å². The summed E-state index contributed by atoms with van der Waals surface area (Å²) in [5.41, 5.74) is -0.649. The Hall–Kier alpha value is -2.15. The van der Waals surface area contributed by atoms with E-state index < -0.39 is 11.4 Å². The molecule has 0 spiro atoms. The monoisotopic (exact) mass is 291 g/mol. The highest BCUT2D eigenvalue weighted by atomic mass is 16.4. The van der Waals surface area contributed by atoms with Crippen molar-refractivity contribution in [3.8, 4) is 11.7 Å². The number of carboxylic acid groups (broad SMARTS) is 1. The van der Waals surface area contributed by atoms with Crippen LogP contribution < -0.4 is 0 Å². The molecule has 7 heteroatoms. The fourth-order valence-corrected chi connectivity index (χ4v) is 2.72. The average Bonchev–Trinajstić information content (AvgIpc) is 3.19. The van der Waals surface area contributed by atoms with Gasteiger partial charge in [-0.3, -0.25) is 9.69 Å². The van der Waals surface area contributed by atoms with E-state index in [1.807, 2.05) is 11.8 Å². The van der Waals surface area contributed by atoms with Crippen molar-refractivity contribution in [1.82, 2.24) is 15.1 Å². The second-order valence-corrected chi connectivity index (χ2v) is 5.38. The highest BCUT2D eigenvalue weighted by Gasteiger charge is 2.43. The molecular formula is C14H17N3O4. The van der Waals surface area contributed by atoms with E-state index in [4.69, 9.17) is 8.83 Å². The maximum absolute atomic E-state index is 11.4. The first-order valence-corrected chi connectivity index (χ1v) is 6.95. The lowest BCUT2D eigenvalue weighted by Crippen LogP contribution is -2.33. The van der Waals surface area contributed by atoms with Gasteiger partial charge in [0.25, 0.3) is 5.89 Å². The first-order valence-electron chi connectivity index (χ1n) is 6.95. The number of furan rings is 1. The van der Waals surface area contributed by atoms with Gasteiger partial charge in [-0.1, -0.05) is 6.92 Å². The molecule has 21 heavy (non-hydrogen) atoms. The molecule has 112 valence electrons. The minimum absolute atomic E-state index is 0.342. The number of rotatable bonds is 5. The molecular weight excluding hydrogens is 274 g/mol. The molecule has 1 N–H and O–H groups in total. The summed E-state index contributed by atoms with van der Waals surface area (Å²) in [4.78, 5) is 13.5. The molecule has 7 nitrogen and oxygen atoms in total. The average molecular weight is 291 g/mol. The molecule has 1 aliphatic rings. The number of likely N-dealkylation sites (tertiary alicyclic amines) is 1. The summed E-state index contributed by atoms with van der Waals surface area (Å²) in [5.74, 6) is 0.616. The Morgan fingerprint density at radius 3 is 3.00 bits per heavy atom. The molecule has 1 unspecified atom stereocenters. The van der Waals surface area contributed by atoms with Gasteiger partial charge < -0.3 is 13.9 Å². The fraction of sp³-hybridized carbons (Fsp3) is 0.500. The van der Waals surface area contributed by atoms with Gasteiger partial charge in [-0.05, 0) is 31.5 Å². The van der Waals surface area contributed by atoms with Gasteiger partial charge in [0.2, 0.25) is 5.89 Å². The third-order valence-electron chi connectivity index (χ3n) is 4.12. The predicted octanol–water partition coefficient (Wildman–Crippen LogP) is 2.02.